The Bertz CT molecular complexity index is 983. The molecule has 0 amide bonds. The molecule has 0 radical (unpaired) electrons. The molecule has 0 spiro atoms. The van der Waals surface area contributed by atoms with E-state index in [2.05, 4.69) is 72.5 Å². The minimum absolute atomic E-state index is 0.0259. The molecule has 0 aliphatic rings. The summed E-state index contributed by atoms with van der Waals surface area (Å²) in [7, 11) is 0. The summed E-state index contributed by atoms with van der Waals surface area (Å²) in [5.41, 5.74) is 5.66. The van der Waals surface area contributed by atoms with Gasteiger partial charge in [0.2, 0.25) is 11.1 Å². The molecule has 0 unspecified atom stereocenters. The van der Waals surface area contributed by atoms with Crippen LogP contribution >= 0.6 is 27.7 Å². The van der Waals surface area contributed by atoms with Gasteiger partial charge in [0.1, 0.15) is 0 Å². The number of Topliss-reactive ketones (excluding diaryl/α,β-unsaturated/α-hetero) is 1. The number of rotatable bonds is 10. The Morgan fingerprint density at radius 2 is 1.87 bits per heavy atom. The summed E-state index contributed by atoms with van der Waals surface area (Å²) < 4.78 is 0.941. The lowest BCUT2D eigenvalue weighted by atomic mass is 10.2. The third-order valence-corrected chi connectivity index (χ3v) is 5.75. The van der Waals surface area contributed by atoms with E-state index < -0.39 is 0 Å². The van der Waals surface area contributed by atoms with Crippen LogP contribution in [0.3, 0.4) is 0 Å². The molecule has 0 aliphatic carbocycles. The first-order valence-corrected chi connectivity index (χ1v) is 11.3. The Balaban J connectivity index is 1.49. The molecule has 3 aromatic rings. The van der Waals surface area contributed by atoms with Crippen molar-refractivity contribution in [1.29, 1.82) is 0 Å². The second-order valence-electron chi connectivity index (χ2n) is 6.32. The number of nitrogens with zero attached hydrogens (tertiary/aromatic N) is 4. The van der Waals surface area contributed by atoms with Gasteiger partial charge in [0.05, 0.1) is 12.0 Å². The van der Waals surface area contributed by atoms with Gasteiger partial charge in [-0.3, -0.25) is 4.79 Å². The Morgan fingerprint density at radius 1 is 1.17 bits per heavy atom. The van der Waals surface area contributed by atoms with E-state index in [0.717, 1.165) is 23.1 Å². The molecule has 0 aliphatic heterocycles. The topological polar surface area (TPSA) is 86.3 Å². The molecule has 0 bridgehead atoms. The van der Waals surface area contributed by atoms with Gasteiger partial charge in [0, 0.05) is 28.8 Å². The average molecular weight is 487 g/mol. The molecule has 30 heavy (non-hydrogen) atoms. The number of hydrogen-bond acceptors (Lipinski definition) is 7. The van der Waals surface area contributed by atoms with Crippen molar-refractivity contribution in [3.63, 3.8) is 0 Å². The number of carbonyl (C=O) groups is 1. The van der Waals surface area contributed by atoms with Crippen molar-refractivity contribution in [1.82, 2.24) is 15.2 Å². The number of hydrazone groups is 1. The van der Waals surface area contributed by atoms with Crippen molar-refractivity contribution in [3.05, 3.63) is 64.1 Å². The van der Waals surface area contributed by atoms with E-state index >= 15 is 0 Å². The molecular formula is C21H23BrN6OS. The number of anilines is 2. The SMILES string of the molecule is CCN(CC)c1ccc(/C=N/Nc2nc(SCC(=O)c3ccc(Br)cc3)n[nH]2)cc1. The summed E-state index contributed by atoms with van der Waals surface area (Å²) >= 11 is 4.64. The molecule has 2 aromatic carbocycles. The zero-order valence-electron chi connectivity index (χ0n) is 16.8. The van der Waals surface area contributed by atoms with Crippen molar-refractivity contribution in [2.45, 2.75) is 19.0 Å². The van der Waals surface area contributed by atoms with E-state index in [1.807, 2.05) is 24.3 Å². The number of aromatic amines is 1. The van der Waals surface area contributed by atoms with Crippen LogP contribution < -0.4 is 10.3 Å². The van der Waals surface area contributed by atoms with E-state index in [1.54, 1.807) is 18.3 Å². The van der Waals surface area contributed by atoms with Gasteiger partial charge < -0.3 is 4.90 Å². The number of thioether (sulfide) groups is 1. The smallest absolute Gasteiger partial charge is 0.240 e. The van der Waals surface area contributed by atoms with Crippen molar-refractivity contribution in [2.75, 3.05) is 29.2 Å². The number of carbonyl (C=O) groups excluding carboxylic acids is 1. The molecule has 2 N–H and O–H groups in total. The number of aromatic nitrogens is 3. The van der Waals surface area contributed by atoms with Gasteiger partial charge in [0.25, 0.3) is 0 Å². The highest BCUT2D eigenvalue weighted by atomic mass is 79.9. The number of ketones is 1. The molecule has 1 heterocycles. The van der Waals surface area contributed by atoms with E-state index in [9.17, 15) is 4.79 Å². The molecule has 0 fully saturated rings. The first-order chi connectivity index (χ1) is 14.6. The highest BCUT2D eigenvalue weighted by Crippen LogP contribution is 2.18. The summed E-state index contributed by atoms with van der Waals surface area (Å²) in [6.07, 6.45) is 1.72. The Kier molecular flexibility index (Phi) is 8.04. The maximum atomic E-state index is 12.2. The van der Waals surface area contributed by atoms with Crippen LogP contribution in [0.15, 0.2) is 63.3 Å². The molecule has 1 aromatic heterocycles. The summed E-state index contributed by atoms with van der Waals surface area (Å²) in [6, 6.07) is 15.5. The number of halogens is 1. The lowest BCUT2D eigenvalue weighted by Crippen LogP contribution is -2.21. The van der Waals surface area contributed by atoms with Crippen molar-refractivity contribution >= 4 is 51.3 Å². The van der Waals surface area contributed by atoms with Gasteiger partial charge in [-0.1, -0.05) is 52.0 Å². The van der Waals surface area contributed by atoms with Crippen LogP contribution in [0.1, 0.15) is 29.8 Å². The Hall–Kier alpha value is -2.65. The van der Waals surface area contributed by atoms with Gasteiger partial charge >= 0.3 is 0 Å². The molecule has 0 atom stereocenters. The van der Waals surface area contributed by atoms with Crippen LogP contribution in [0.4, 0.5) is 11.6 Å². The van der Waals surface area contributed by atoms with E-state index in [-0.39, 0.29) is 11.5 Å². The van der Waals surface area contributed by atoms with E-state index in [4.69, 9.17) is 0 Å². The van der Waals surface area contributed by atoms with Crippen molar-refractivity contribution in [3.8, 4) is 0 Å². The van der Waals surface area contributed by atoms with Crippen LogP contribution in [0.5, 0.6) is 0 Å². The first-order valence-electron chi connectivity index (χ1n) is 9.57. The normalized spacial score (nSPS) is 11.0. The van der Waals surface area contributed by atoms with Gasteiger partial charge in [-0.25, -0.2) is 10.5 Å². The number of H-pyrrole nitrogens is 1. The minimum Gasteiger partial charge on any atom is -0.372 e. The fourth-order valence-corrected chi connectivity index (χ4v) is 3.70. The molecule has 156 valence electrons. The first kappa shape index (κ1) is 22.0. The zero-order valence-corrected chi connectivity index (χ0v) is 19.2. The number of benzene rings is 2. The largest absolute Gasteiger partial charge is 0.372 e. The maximum absolute atomic E-state index is 12.2. The average Bonchev–Trinajstić information content (AvgIpc) is 3.22. The highest BCUT2D eigenvalue weighted by Gasteiger charge is 2.09. The molecule has 0 saturated carbocycles. The second-order valence-corrected chi connectivity index (χ2v) is 8.18. The highest BCUT2D eigenvalue weighted by molar-refractivity contribution is 9.10. The van der Waals surface area contributed by atoms with Crippen LogP contribution in [0, 0.1) is 0 Å². The minimum atomic E-state index is 0.0259. The van der Waals surface area contributed by atoms with Gasteiger partial charge in [-0.15, -0.1) is 5.10 Å². The molecule has 9 heteroatoms. The van der Waals surface area contributed by atoms with Gasteiger partial charge in [0.15, 0.2) is 5.78 Å². The lowest BCUT2D eigenvalue weighted by Gasteiger charge is -2.20. The maximum Gasteiger partial charge on any atom is 0.240 e. The predicted octanol–water partition coefficient (Wildman–Crippen LogP) is 4.83. The Labute approximate surface area is 188 Å². The fourth-order valence-electron chi connectivity index (χ4n) is 2.74. The Morgan fingerprint density at radius 3 is 2.53 bits per heavy atom. The monoisotopic (exact) mass is 486 g/mol. The van der Waals surface area contributed by atoms with Crippen LogP contribution in [0.2, 0.25) is 0 Å². The number of nitrogens with one attached hydrogen (secondary N) is 2. The lowest BCUT2D eigenvalue weighted by molar-refractivity contribution is 0.102. The molecule has 3 rings (SSSR count). The predicted molar refractivity (Wildman–Crippen MR) is 127 cm³/mol. The van der Waals surface area contributed by atoms with Crippen molar-refractivity contribution in [2.24, 2.45) is 5.10 Å². The third-order valence-electron chi connectivity index (χ3n) is 4.37. The quantitative estimate of drug-likeness (QED) is 0.184. The fraction of sp³-hybridized carbons (Fsp3) is 0.238. The van der Waals surface area contributed by atoms with Crippen LogP contribution in [0.25, 0.3) is 0 Å². The zero-order chi connectivity index (χ0) is 21.3. The third kappa shape index (κ3) is 6.17. The summed E-state index contributed by atoms with van der Waals surface area (Å²) in [5, 5.41) is 11.5. The van der Waals surface area contributed by atoms with E-state index in [0.29, 0.717) is 16.7 Å². The molecule has 0 saturated heterocycles. The summed E-state index contributed by atoms with van der Waals surface area (Å²) in [4.78, 5) is 18.8. The standard InChI is InChI=1S/C21H23BrN6OS/c1-3-28(4-2)18-11-5-15(6-12-18)13-23-25-20-24-21(27-26-20)30-14-19(29)16-7-9-17(22)10-8-16/h5-13H,3-4,14H2,1-2H3,(H2,24,25,26,27)/b23-13+. The molecular weight excluding hydrogens is 464 g/mol. The van der Waals surface area contributed by atoms with Crippen LogP contribution in [-0.4, -0.2) is 46.0 Å². The number of hydrogen-bond donors (Lipinski definition) is 2. The second kappa shape index (κ2) is 10.9. The van der Waals surface area contributed by atoms with Crippen LogP contribution in [-0.2, 0) is 0 Å². The van der Waals surface area contributed by atoms with Gasteiger partial charge in [-0.05, 0) is 43.7 Å². The summed E-state index contributed by atoms with van der Waals surface area (Å²) in [6.45, 7) is 6.24. The van der Waals surface area contributed by atoms with Gasteiger partial charge in [-0.2, -0.15) is 10.1 Å². The van der Waals surface area contributed by atoms with E-state index in [1.165, 1.54) is 17.4 Å². The summed E-state index contributed by atoms with van der Waals surface area (Å²) in [5.74, 6) is 0.712. The molecule has 7 nitrogen and oxygen atoms in total. The van der Waals surface area contributed by atoms with Crippen molar-refractivity contribution < 1.29 is 4.79 Å².